The minimum atomic E-state index is -0.0591. The van der Waals surface area contributed by atoms with Gasteiger partial charge in [-0.15, -0.1) is 11.3 Å². The van der Waals surface area contributed by atoms with E-state index < -0.39 is 0 Å². The zero-order valence-electron chi connectivity index (χ0n) is 8.95. The number of unbranched alkanes of at least 4 members (excludes halogenated alkanes) is 1. The lowest BCUT2D eigenvalue weighted by molar-refractivity contribution is 0.350. The highest BCUT2D eigenvalue weighted by Crippen LogP contribution is 2.20. The molecule has 0 aliphatic heterocycles. The third-order valence-corrected chi connectivity index (χ3v) is 4.06. The Morgan fingerprint density at radius 2 is 2.40 bits per heavy atom. The van der Waals surface area contributed by atoms with Gasteiger partial charge in [0, 0.05) is 21.6 Å². The molecule has 0 amide bonds. The molecule has 0 spiro atoms. The maximum absolute atomic E-state index is 8.56. The fourth-order valence-corrected chi connectivity index (χ4v) is 3.13. The van der Waals surface area contributed by atoms with Crippen molar-refractivity contribution in [1.29, 1.82) is 0 Å². The zero-order valence-corrected chi connectivity index (χ0v) is 10.6. The molecule has 0 saturated carbocycles. The minimum absolute atomic E-state index is 0.0591. The first kappa shape index (κ1) is 12.6. The van der Waals surface area contributed by atoms with E-state index in [1.165, 1.54) is 23.5 Å². The molecular weight excluding hydrogens is 224 g/mol. The van der Waals surface area contributed by atoms with Crippen molar-refractivity contribution in [2.24, 2.45) is 0 Å². The molecule has 1 N–H and O–H groups in total. The van der Waals surface area contributed by atoms with E-state index in [1.54, 1.807) is 11.3 Å². The second-order valence-electron chi connectivity index (χ2n) is 3.17. The van der Waals surface area contributed by atoms with E-state index in [2.05, 4.69) is 30.2 Å². The summed E-state index contributed by atoms with van der Waals surface area (Å²) in [5.74, 6) is 7.91. The van der Waals surface area contributed by atoms with Crippen molar-refractivity contribution in [3.63, 3.8) is 0 Å². The monoisotopic (exact) mass is 240 g/mol. The maximum Gasteiger partial charge on any atom is 0.104 e. The van der Waals surface area contributed by atoms with Crippen LogP contribution in [-0.4, -0.2) is 17.5 Å². The Morgan fingerprint density at radius 3 is 3.13 bits per heavy atom. The van der Waals surface area contributed by atoms with Gasteiger partial charge in [0.25, 0.3) is 0 Å². The van der Waals surface area contributed by atoms with Crippen LogP contribution in [0.25, 0.3) is 0 Å². The fraction of sp³-hybridized carbons (Fsp3) is 0.500. The predicted molar refractivity (Wildman–Crippen MR) is 69.4 cm³/mol. The van der Waals surface area contributed by atoms with Crippen LogP contribution in [0.3, 0.4) is 0 Å². The molecule has 0 fully saturated rings. The van der Waals surface area contributed by atoms with Gasteiger partial charge in [-0.25, -0.2) is 0 Å². The van der Waals surface area contributed by atoms with Gasteiger partial charge in [-0.05, 0) is 18.2 Å². The van der Waals surface area contributed by atoms with Crippen molar-refractivity contribution >= 4 is 23.1 Å². The van der Waals surface area contributed by atoms with Crippen molar-refractivity contribution in [2.45, 2.75) is 25.5 Å². The Labute approximate surface area is 99.9 Å². The van der Waals surface area contributed by atoms with Gasteiger partial charge in [-0.2, -0.15) is 11.8 Å². The molecule has 0 bridgehead atoms. The highest BCUT2D eigenvalue weighted by Gasteiger charge is 1.97. The second kappa shape index (κ2) is 7.81. The van der Waals surface area contributed by atoms with Crippen LogP contribution in [-0.2, 0) is 5.75 Å². The van der Waals surface area contributed by atoms with Crippen LogP contribution in [0.2, 0.25) is 0 Å². The molecule has 15 heavy (non-hydrogen) atoms. The summed E-state index contributed by atoms with van der Waals surface area (Å²) in [5, 5.41) is 10.6. The number of hydrogen-bond donors (Lipinski definition) is 1. The topological polar surface area (TPSA) is 20.2 Å². The summed E-state index contributed by atoms with van der Waals surface area (Å²) < 4.78 is 0. The lowest BCUT2D eigenvalue weighted by Gasteiger charge is -1.96. The molecule has 1 heterocycles. The van der Waals surface area contributed by atoms with Gasteiger partial charge in [0.05, 0.1) is 0 Å². The molecule has 0 unspecified atom stereocenters. The normalized spacial score (nSPS) is 9.73. The Balaban J connectivity index is 2.33. The lowest BCUT2D eigenvalue weighted by Crippen LogP contribution is -1.79. The van der Waals surface area contributed by atoms with Crippen molar-refractivity contribution in [3.8, 4) is 11.8 Å². The minimum Gasteiger partial charge on any atom is -0.384 e. The van der Waals surface area contributed by atoms with E-state index in [9.17, 15) is 0 Å². The highest BCUT2D eigenvalue weighted by molar-refractivity contribution is 7.98. The summed E-state index contributed by atoms with van der Waals surface area (Å²) in [5.41, 5.74) is 1.03. The molecule has 82 valence electrons. The van der Waals surface area contributed by atoms with Gasteiger partial charge in [0.15, 0.2) is 0 Å². The molecule has 0 saturated heterocycles. The standard InChI is InChI=1S/C12H16OS2/c1-2-3-7-14-10-12-8-11(9-15-12)5-4-6-13/h8-9,13H,2-3,6-7,10H2,1H3. The largest absolute Gasteiger partial charge is 0.384 e. The second-order valence-corrected chi connectivity index (χ2v) is 5.27. The van der Waals surface area contributed by atoms with Crippen LogP contribution in [0.5, 0.6) is 0 Å². The molecule has 3 heteroatoms. The van der Waals surface area contributed by atoms with Crippen LogP contribution >= 0.6 is 23.1 Å². The number of aliphatic hydroxyl groups is 1. The Morgan fingerprint density at radius 1 is 1.53 bits per heavy atom. The number of aliphatic hydroxyl groups excluding tert-OH is 1. The Bertz CT molecular complexity index is 333. The molecule has 0 aliphatic rings. The fourth-order valence-electron chi connectivity index (χ4n) is 1.08. The third-order valence-electron chi connectivity index (χ3n) is 1.85. The van der Waals surface area contributed by atoms with Crippen LogP contribution in [0, 0.1) is 11.8 Å². The summed E-state index contributed by atoms with van der Waals surface area (Å²) in [4.78, 5) is 1.37. The summed E-state index contributed by atoms with van der Waals surface area (Å²) >= 11 is 3.73. The third kappa shape index (κ3) is 5.27. The zero-order chi connectivity index (χ0) is 10.9. The van der Waals surface area contributed by atoms with Crippen LogP contribution in [0.4, 0.5) is 0 Å². The molecule has 1 rings (SSSR count). The lowest BCUT2D eigenvalue weighted by atomic mass is 10.3. The van der Waals surface area contributed by atoms with Crippen molar-refractivity contribution in [2.75, 3.05) is 12.4 Å². The predicted octanol–water partition coefficient (Wildman–Crippen LogP) is 3.13. The van der Waals surface area contributed by atoms with E-state index in [1.807, 2.05) is 11.8 Å². The van der Waals surface area contributed by atoms with Crippen molar-refractivity contribution < 1.29 is 5.11 Å². The van der Waals surface area contributed by atoms with E-state index >= 15 is 0 Å². The molecule has 0 aromatic carbocycles. The first-order valence-electron chi connectivity index (χ1n) is 5.11. The average molecular weight is 240 g/mol. The number of rotatable bonds is 5. The average Bonchev–Trinajstić information content (AvgIpc) is 2.69. The molecule has 0 aliphatic carbocycles. The van der Waals surface area contributed by atoms with Crippen molar-refractivity contribution in [3.05, 3.63) is 21.9 Å². The molecule has 1 aromatic heterocycles. The first-order valence-corrected chi connectivity index (χ1v) is 7.15. The van der Waals surface area contributed by atoms with Gasteiger partial charge in [-0.3, -0.25) is 0 Å². The van der Waals surface area contributed by atoms with Gasteiger partial charge in [-0.1, -0.05) is 25.2 Å². The van der Waals surface area contributed by atoms with E-state index in [0.29, 0.717) is 0 Å². The van der Waals surface area contributed by atoms with Gasteiger partial charge in [0.1, 0.15) is 6.61 Å². The summed E-state index contributed by atoms with van der Waals surface area (Å²) in [6.45, 7) is 2.16. The molecule has 1 nitrogen and oxygen atoms in total. The van der Waals surface area contributed by atoms with Gasteiger partial charge in [0.2, 0.25) is 0 Å². The van der Waals surface area contributed by atoms with Crippen molar-refractivity contribution in [1.82, 2.24) is 0 Å². The smallest absolute Gasteiger partial charge is 0.104 e. The SMILES string of the molecule is CCCCSCc1cc(C#CCO)cs1. The molecule has 1 aromatic rings. The Kier molecular flexibility index (Phi) is 6.58. The number of hydrogen-bond acceptors (Lipinski definition) is 3. The molecule has 0 atom stereocenters. The van der Waals surface area contributed by atoms with E-state index in [-0.39, 0.29) is 6.61 Å². The van der Waals surface area contributed by atoms with E-state index in [0.717, 1.165) is 11.3 Å². The number of thiophene rings is 1. The summed E-state index contributed by atoms with van der Waals surface area (Å²) in [7, 11) is 0. The summed E-state index contributed by atoms with van der Waals surface area (Å²) in [6, 6.07) is 2.12. The van der Waals surface area contributed by atoms with E-state index in [4.69, 9.17) is 5.11 Å². The van der Waals surface area contributed by atoms with Crippen LogP contribution in [0.15, 0.2) is 11.4 Å². The van der Waals surface area contributed by atoms with Gasteiger partial charge < -0.3 is 5.11 Å². The highest BCUT2D eigenvalue weighted by atomic mass is 32.2. The maximum atomic E-state index is 8.56. The first-order chi connectivity index (χ1) is 7.36. The Hall–Kier alpha value is -0.430. The van der Waals surface area contributed by atoms with Gasteiger partial charge >= 0.3 is 0 Å². The quantitative estimate of drug-likeness (QED) is 0.630. The molecular formula is C12H16OS2. The molecule has 0 radical (unpaired) electrons. The van der Waals surface area contributed by atoms with Crippen LogP contribution < -0.4 is 0 Å². The summed E-state index contributed by atoms with van der Waals surface area (Å²) in [6.07, 6.45) is 2.57. The number of thioether (sulfide) groups is 1. The van der Waals surface area contributed by atoms with Crippen LogP contribution in [0.1, 0.15) is 30.2 Å².